The minimum absolute atomic E-state index is 0.0300. The average molecular weight is 363 g/mol. The molecule has 21 heavy (non-hydrogen) atoms. The van der Waals surface area contributed by atoms with E-state index in [1.807, 2.05) is 0 Å². The number of aromatic nitrogens is 1. The van der Waals surface area contributed by atoms with Gasteiger partial charge in [0.15, 0.2) is 0 Å². The third-order valence-corrected chi connectivity index (χ3v) is 2.71. The summed E-state index contributed by atoms with van der Waals surface area (Å²) in [5.41, 5.74) is -0.774. The van der Waals surface area contributed by atoms with Crippen LogP contribution in [0.4, 0.5) is 9.18 Å². The van der Waals surface area contributed by atoms with E-state index in [4.69, 9.17) is 9.84 Å². The summed E-state index contributed by atoms with van der Waals surface area (Å²) >= 11 is 3.13. The average Bonchev–Trinajstić information content (AvgIpc) is 2.28. The van der Waals surface area contributed by atoms with E-state index < -0.39 is 36.1 Å². The topological polar surface area (TPSA) is 88.5 Å². The first-order chi connectivity index (χ1) is 9.58. The molecule has 2 N–H and O–H groups in total. The van der Waals surface area contributed by atoms with Crippen molar-refractivity contribution >= 4 is 28.0 Å². The number of ether oxygens (including phenoxy) is 1. The maximum atomic E-state index is 13.7. The lowest BCUT2D eigenvalue weighted by atomic mass is 10.1. The highest BCUT2D eigenvalue weighted by Crippen LogP contribution is 2.23. The molecule has 1 amide bonds. The molecule has 0 aliphatic heterocycles. The number of rotatable bonds is 4. The predicted octanol–water partition coefficient (Wildman–Crippen LogP) is 3.02. The standard InChI is InChI=1S/C13H16BrFN2O4/c1-13(2,3)21-12(20)17-9(5-10(18)19)8-4-7(14)6-16-11(8)15/h4,6,9H,5H2,1-3H3,(H,17,20)(H,18,19)/t9-/m1/s1. The zero-order valence-electron chi connectivity index (χ0n) is 11.8. The van der Waals surface area contributed by atoms with Crippen molar-refractivity contribution in [2.24, 2.45) is 0 Å². The highest BCUT2D eigenvalue weighted by atomic mass is 79.9. The summed E-state index contributed by atoms with van der Waals surface area (Å²) in [4.78, 5) is 26.1. The summed E-state index contributed by atoms with van der Waals surface area (Å²) in [5, 5.41) is 11.3. The molecule has 0 radical (unpaired) electrons. The van der Waals surface area contributed by atoms with Crippen LogP contribution in [0.25, 0.3) is 0 Å². The van der Waals surface area contributed by atoms with Crippen molar-refractivity contribution in [3.63, 3.8) is 0 Å². The molecule has 1 rings (SSSR count). The first-order valence-electron chi connectivity index (χ1n) is 6.11. The molecule has 1 aromatic heterocycles. The lowest BCUT2D eigenvalue weighted by molar-refractivity contribution is -0.137. The number of hydrogen-bond acceptors (Lipinski definition) is 4. The van der Waals surface area contributed by atoms with Crippen LogP contribution in [0.5, 0.6) is 0 Å². The number of pyridine rings is 1. The Labute approximate surface area is 129 Å². The molecular weight excluding hydrogens is 347 g/mol. The number of carboxylic acid groups (broad SMARTS) is 1. The number of aliphatic carboxylic acids is 1. The summed E-state index contributed by atoms with van der Waals surface area (Å²) in [6.07, 6.45) is -0.0774. The lowest BCUT2D eigenvalue weighted by Gasteiger charge is -2.23. The fraction of sp³-hybridized carbons (Fsp3) is 0.462. The molecule has 1 heterocycles. The van der Waals surface area contributed by atoms with Gasteiger partial charge in [0.25, 0.3) is 0 Å². The monoisotopic (exact) mass is 362 g/mol. The van der Waals surface area contributed by atoms with Crippen LogP contribution in [0, 0.1) is 5.95 Å². The van der Waals surface area contributed by atoms with Gasteiger partial charge in [-0.25, -0.2) is 9.78 Å². The van der Waals surface area contributed by atoms with Gasteiger partial charge >= 0.3 is 12.1 Å². The largest absolute Gasteiger partial charge is 0.481 e. The number of amides is 1. The molecule has 0 saturated heterocycles. The van der Waals surface area contributed by atoms with E-state index >= 15 is 0 Å². The molecule has 1 atom stereocenters. The third-order valence-electron chi connectivity index (χ3n) is 2.28. The van der Waals surface area contributed by atoms with Crippen molar-refractivity contribution in [2.75, 3.05) is 0 Å². The summed E-state index contributed by atoms with van der Waals surface area (Å²) in [7, 11) is 0. The van der Waals surface area contributed by atoms with Crippen LogP contribution >= 0.6 is 15.9 Å². The molecule has 6 nitrogen and oxygen atoms in total. The normalized spacial score (nSPS) is 12.6. The SMILES string of the molecule is CC(C)(C)OC(=O)N[C@H](CC(=O)O)c1cc(Br)cnc1F. The minimum atomic E-state index is -1.18. The van der Waals surface area contributed by atoms with Crippen LogP contribution in [0.3, 0.4) is 0 Å². The summed E-state index contributed by atoms with van der Waals surface area (Å²) in [6, 6.07) is 0.287. The van der Waals surface area contributed by atoms with Gasteiger partial charge in [0.05, 0.1) is 12.5 Å². The van der Waals surface area contributed by atoms with Crippen molar-refractivity contribution in [1.29, 1.82) is 0 Å². The van der Waals surface area contributed by atoms with E-state index in [1.54, 1.807) is 20.8 Å². The van der Waals surface area contributed by atoms with E-state index in [2.05, 4.69) is 26.2 Å². The van der Waals surface area contributed by atoms with Gasteiger partial charge in [0.1, 0.15) is 5.60 Å². The highest BCUT2D eigenvalue weighted by molar-refractivity contribution is 9.10. The fourth-order valence-electron chi connectivity index (χ4n) is 1.55. The summed E-state index contributed by atoms with van der Waals surface area (Å²) < 4.78 is 19.3. The molecule has 0 spiro atoms. The molecule has 0 aliphatic rings. The van der Waals surface area contributed by atoms with E-state index in [9.17, 15) is 14.0 Å². The Morgan fingerprint density at radius 3 is 2.67 bits per heavy atom. The zero-order valence-corrected chi connectivity index (χ0v) is 13.4. The van der Waals surface area contributed by atoms with E-state index in [0.29, 0.717) is 4.47 Å². The minimum Gasteiger partial charge on any atom is -0.481 e. The molecule has 0 aromatic carbocycles. The number of halogens is 2. The maximum absolute atomic E-state index is 13.7. The van der Waals surface area contributed by atoms with Gasteiger partial charge in [-0.1, -0.05) is 0 Å². The maximum Gasteiger partial charge on any atom is 0.408 e. The number of carbonyl (C=O) groups excluding carboxylic acids is 1. The first kappa shape index (κ1) is 17.4. The van der Waals surface area contributed by atoms with Crippen molar-refractivity contribution in [3.8, 4) is 0 Å². The second-order valence-corrected chi connectivity index (χ2v) is 6.25. The van der Waals surface area contributed by atoms with Gasteiger partial charge < -0.3 is 15.2 Å². The second-order valence-electron chi connectivity index (χ2n) is 5.33. The lowest BCUT2D eigenvalue weighted by Crippen LogP contribution is -2.36. The summed E-state index contributed by atoms with van der Waals surface area (Å²) in [5.74, 6) is -2.03. The Kier molecular flexibility index (Phi) is 5.65. The molecule has 8 heteroatoms. The number of nitrogens with zero attached hydrogens (tertiary/aromatic N) is 1. The number of nitrogens with one attached hydrogen (secondary N) is 1. The second kappa shape index (κ2) is 6.84. The molecule has 0 bridgehead atoms. The van der Waals surface area contributed by atoms with E-state index in [1.165, 1.54) is 12.3 Å². The van der Waals surface area contributed by atoms with Gasteiger partial charge in [-0.3, -0.25) is 4.79 Å². The van der Waals surface area contributed by atoms with Crippen LogP contribution in [-0.4, -0.2) is 27.8 Å². The molecule has 0 saturated carbocycles. The van der Waals surface area contributed by atoms with E-state index in [-0.39, 0.29) is 5.56 Å². The fourth-order valence-corrected chi connectivity index (χ4v) is 1.89. The molecule has 0 fully saturated rings. The van der Waals surface area contributed by atoms with Gasteiger partial charge in [-0.2, -0.15) is 4.39 Å². The predicted molar refractivity (Wildman–Crippen MR) is 76.3 cm³/mol. The summed E-state index contributed by atoms with van der Waals surface area (Å²) in [6.45, 7) is 5.00. The van der Waals surface area contributed by atoms with Gasteiger partial charge in [0, 0.05) is 16.2 Å². The third kappa shape index (κ3) is 6.07. The van der Waals surface area contributed by atoms with Crippen LogP contribution in [0.1, 0.15) is 38.8 Å². The van der Waals surface area contributed by atoms with Crippen LogP contribution in [0.15, 0.2) is 16.7 Å². The highest BCUT2D eigenvalue weighted by Gasteiger charge is 2.25. The van der Waals surface area contributed by atoms with Crippen LogP contribution in [-0.2, 0) is 9.53 Å². The molecule has 0 unspecified atom stereocenters. The number of carbonyl (C=O) groups is 2. The molecule has 1 aromatic rings. The molecular formula is C13H16BrFN2O4. The van der Waals surface area contributed by atoms with Crippen LogP contribution < -0.4 is 5.32 Å². The van der Waals surface area contributed by atoms with Gasteiger partial charge in [0.2, 0.25) is 5.95 Å². The number of alkyl carbamates (subject to hydrolysis) is 1. The van der Waals surface area contributed by atoms with Gasteiger partial charge in [-0.05, 0) is 42.8 Å². The number of carboxylic acids is 1. The Bertz CT molecular complexity index is 545. The van der Waals surface area contributed by atoms with Crippen molar-refractivity contribution in [1.82, 2.24) is 10.3 Å². The van der Waals surface area contributed by atoms with Gasteiger partial charge in [-0.15, -0.1) is 0 Å². The zero-order chi connectivity index (χ0) is 16.2. The quantitative estimate of drug-likeness (QED) is 0.803. The Balaban J connectivity index is 2.98. The van der Waals surface area contributed by atoms with Crippen molar-refractivity contribution in [3.05, 3.63) is 28.2 Å². The first-order valence-corrected chi connectivity index (χ1v) is 6.90. The number of hydrogen-bond donors (Lipinski definition) is 2. The Morgan fingerprint density at radius 2 is 2.14 bits per heavy atom. The smallest absolute Gasteiger partial charge is 0.408 e. The Morgan fingerprint density at radius 1 is 1.52 bits per heavy atom. The van der Waals surface area contributed by atoms with Crippen LogP contribution in [0.2, 0.25) is 0 Å². The Hall–Kier alpha value is -1.70. The van der Waals surface area contributed by atoms with E-state index in [0.717, 1.165) is 0 Å². The van der Waals surface area contributed by atoms with Crippen molar-refractivity contribution in [2.45, 2.75) is 38.8 Å². The molecule has 0 aliphatic carbocycles. The molecule has 116 valence electrons. The van der Waals surface area contributed by atoms with Crippen molar-refractivity contribution < 1.29 is 23.8 Å².